The standard InChI is InChI=1S/C14H28N2OS/c1-6-9-12-15-14(5,7-2)13(17)16(12)11(4)10-18-8-3/h11-12,15H,6-10H2,1-5H3. The molecule has 106 valence electrons. The minimum absolute atomic E-state index is 0.222. The van der Waals surface area contributed by atoms with Crippen LogP contribution in [0.15, 0.2) is 0 Å². The van der Waals surface area contributed by atoms with Gasteiger partial charge in [-0.3, -0.25) is 10.1 Å². The molecule has 0 radical (unpaired) electrons. The van der Waals surface area contributed by atoms with Gasteiger partial charge >= 0.3 is 0 Å². The fraction of sp³-hybridized carbons (Fsp3) is 0.929. The molecular weight excluding hydrogens is 244 g/mol. The summed E-state index contributed by atoms with van der Waals surface area (Å²) in [5.41, 5.74) is -0.356. The van der Waals surface area contributed by atoms with E-state index in [2.05, 4.69) is 37.9 Å². The molecule has 1 N–H and O–H groups in total. The third-order valence-corrected chi connectivity index (χ3v) is 4.96. The highest BCUT2D eigenvalue weighted by molar-refractivity contribution is 7.99. The molecule has 1 rings (SSSR count). The molecule has 0 spiro atoms. The summed E-state index contributed by atoms with van der Waals surface area (Å²) in [6.07, 6.45) is 3.23. The van der Waals surface area contributed by atoms with Crippen molar-refractivity contribution in [3.63, 3.8) is 0 Å². The van der Waals surface area contributed by atoms with Crippen molar-refractivity contribution in [2.24, 2.45) is 0 Å². The summed E-state index contributed by atoms with van der Waals surface area (Å²) in [4.78, 5) is 14.7. The van der Waals surface area contributed by atoms with E-state index < -0.39 is 0 Å². The zero-order valence-electron chi connectivity index (χ0n) is 12.5. The van der Waals surface area contributed by atoms with E-state index in [-0.39, 0.29) is 17.6 Å². The van der Waals surface area contributed by atoms with Crippen LogP contribution < -0.4 is 5.32 Å². The first kappa shape index (κ1) is 15.8. The number of carbonyl (C=O) groups excluding carboxylic acids is 1. The van der Waals surface area contributed by atoms with Gasteiger partial charge in [-0.1, -0.05) is 27.2 Å². The summed E-state index contributed by atoms with van der Waals surface area (Å²) < 4.78 is 0. The molecule has 1 heterocycles. The normalized spacial score (nSPS) is 29.9. The molecule has 4 heteroatoms. The molecule has 1 saturated heterocycles. The molecule has 0 aromatic carbocycles. The Morgan fingerprint density at radius 3 is 2.61 bits per heavy atom. The van der Waals surface area contributed by atoms with E-state index in [1.165, 1.54) is 0 Å². The smallest absolute Gasteiger partial charge is 0.244 e. The summed E-state index contributed by atoms with van der Waals surface area (Å²) in [6.45, 7) is 10.6. The molecule has 0 aromatic rings. The number of nitrogens with zero attached hydrogens (tertiary/aromatic N) is 1. The van der Waals surface area contributed by atoms with Gasteiger partial charge < -0.3 is 4.90 Å². The third-order valence-electron chi connectivity index (χ3n) is 3.83. The fourth-order valence-corrected chi connectivity index (χ4v) is 3.28. The van der Waals surface area contributed by atoms with Crippen LogP contribution in [-0.4, -0.2) is 40.1 Å². The van der Waals surface area contributed by atoms with E-state index in [4.69, 9.17) is 0 Å². The van der Waals surface area contributed by atoms with E-state index in [0.717, 1.165) is 30.8 Å². The van der Waals surface area contributed by atoms with E-state index in [1.54, 1.807) is 0 Å². The van der Waals surface area contributed by atoms with Gasteiger partial charge in [0.25, 0.3) is 0 Å². The number of hydrogen-bond acceptors (Lipinski definition) is 3. The van der Waals surface area contributed by atoms with Crippen molar-refractivity contribution in [3.8, 4) is 0 Å². The van der Waals surface area contributed by atoms with Gasteiger partial charge in [-0.25, -0.2) is 0 Å². The van der Waals surface area contributed by atoms with E-state index in [1.807, 2.05) is 18.7 Å². The third kappa shape index (κ3) is 3.21. The first-order valence-electron chi connectivity index (χ1n) is 7.18. The molecule has 3 nitrogen and oxygen atoms in total. The van der Waals surface area contributed by atoms with Gasteiger partial charge in [0.15, 0.2) is 0 Å². The van der Waals surface area contributed by atoms with Crippen LogP contribution in [0.2, 0.25) is 0 Å². The van der Waals surface area contributed by atoms with Crippen molar-refractivity contribution in [1.29, 1.82) is 0 Å². The van der Waals surface area contributed by atoms with Gasteiger partial charge in [0.1, 0.15) is 0 Å². The van der Waals surface area contributed by atoms with E-state index in [0.29, 0.717) is 6.04 Å². The topological polar surface area (TPSA) is 32.3 Å². The summed E-state index contributed by atoms with van der Waals surface area (Å²) in [5.74, 6) is 2.43. The number of thioether (sulfide) groups is 1. The Labute approximate surface area is 116 Å². The molecule has 1 fully saturated rings. The zero-order valence-corrected chi connectivity index (χ0v) is 13.3. The van der Waals surface area contributed by atoms with Gasteiger partial charge in [-0.2, -0.15) is 11.8 Å². The lowest BCUT2D eigenvalue weighted by Gasteiger charge is -2.30. The maximum absolute atomic E-state index is 12.6. The Morgan fingerprint density at radius 1 is 1.44 bits per heavy atom. The van der Waals surface area contributed by atoms with Crippen LogP contribution in [0.5, 0.6) is 0 Å². The average molecular weight is 272 g/mol. The van der Waals surface area contributed by atoms with Crippen LogP contribution >= 0.6 is 11.8 Å². The molecule has 0 saturated carbocycles. The average Bonchev–Trinajstić information content (AvgIpc) is 2.60. The van der Waals surface area contributed by atoms with Gasteiger partial charge in [0.2, 0.25) is 5.91 Å². The Morgan fingerprint density at radius 2 is 2.11 bits per heavy atom. The van der Waals surface area contributed by atoms with E-state index in [9.17, 15) is 4.79 Å². The molecule has 1 aliphatic rings. The predicted octanol–water partition coefficient (Wildman–Crippen LogP) is 2.85. The van der Waals surface area contributed by atoms with Crippen LogP contribution in [0.1, 0.15) is 53.9 Å². The van der Waals surface area contributed by atoms with Crippen molar-refractivity contribution < 1.29 is 4.79 Å². The number of hydrogen-bond donors (Lipinski definition) is 1. The Balaban J connectivity index is 2.80. The van der Waals surface area contributed by atoms with Crippen LogP contribution in [0.3, 0.4) is 0 Å². The number of amides is 1. The van der Waals surface area contributed by atoms with Gasteiger partial charge in [-0.15, -0.1) is 0 Å². The monoisotopic (exact) mass is 272 g/mol. The maximum Gasteiger partial charge on any atom is 0.244 e. The second-order valence-electron chi connectivity index (χ2n) is 5.36. The first-order valence-corrected chi connectivity index (χ1v) is 8.33. The van der Waals surface area contributed by atoms with Gasteiger partial charge in [0.05, 0.1) is 11.7 Å². The Bertz CT molecular complexity index is 285. The maximum atomic E-state index is 12.6. The van der Waals surface area contributed by atoms with Gasteiger partial charge in [0, 0.05) is 11.8 Å². The SMILES string of the molecule is CCCC1NC(C)(CC)C(=O)N1C(C)CSCC. The molecule has 18 heavy (non-hydrogen) atoms. The van der Waals surface area contributed by atoms with Crippen molar-refractivity contribution in [2.45, 2.75) is 71.6 Å². The predicted molar refractivity (Wildman–Crippen MR) is 79.8 cm³/mol. The fourth-order valence-electron chi connectivity index (χ4n) is 2.54. The van der Waals surface area contributed by atoms with E-state index >= 15 is 0 Å². The molecule has 3 atom stereocenters. The quantitative estimate of drug-likeness (QED) is 0.773. The number of nitrogens with one attached hydrogen (secondary N) is 1. The van der Waals surface area contributed by atoms with Crippen LogP contribution in [-0.2, 0) is 4.79 Å². The van der Waals surface area contributed by atoms with Crippen LogP contribution in [0.25, 0.3) is 0 Å². The summed E-state index contributed by atoms with van der Waals surface area (Å²) >= 11 is 1.91. The van der Waals surface area contributed by atoms with Gasteiger partial charge in [-0.05, 0) is 32.4 Å². The molecular formula is C14H28N2OS. The van der Waals surface area contributed by atoms with Crippen LogP contribution in [0, 0.1) is 0 Å². The molecule has 0 bridgehead atoms. The molecule has 1 aliphatic heterocycles. The lowest BCUT2D eigenvalue weighted by Crippen LogP contribution is -2.45. The minimum atomic E-state index is -0.356. The zero-order chi connectivity index (χ0) is 13.8. The highest BCUT2D eigenvalue weighted by Gasteiger charge is 2.47. The largest absolute Gasteiger partial charge is 0.322 e. The summed E-state index contributed by atoms with van der Waals surface area (Å²) in [7, 11) is 0. The van der Waals surface area contributed by atoms with Crippen molar-refractivity contribution in [1.82, 2.24) is 10.2 Å². The molecule has 1 amide bonds. The number of carbonyl (C=O) groups is 1. The van der Waals surface area contributed by atoms with Crippen molar-refractivity contribution in [3.05, 3.63) is 0 Å². The second kappa shape index (κ2) is 6.80. The second-order valence-corrected chi connectivity index (χ2v) is 6.67. The summed E-state index contributed by atoms with van der Waals surface area (Å²) in [6, 6.07) is 0.319. The Kier molecular flexibility index (Phi) is 5.99. The lowest BCUT2D eigenvalue weighted by molar-refractivity contribution is -0.134. The lowest BCUT2D eigenvalue weighted by atomic mass is 9.99. The molecule has 0 aromatic heterocycles. The summed E-state index contributed by atoms with van der Waals surface area (Å²) in [5, 5.41) is 3.54. The van der Waals surface area contributed by atoms with Crippen molar-refractivity contribution >= 4 is 17.7 Å². The highest BCUT2D eigenvalue weighted by atomic mass is 32.2. The highest BCUT2D eigenvalue weighted by Crippen LogP contribution is 2.28. The molecule has 3 unspecified atom stereocenters. The Hall–Kier alpha value is -0.220. The minimum Gasteiger partial charge on any atom is -0.322 e. The number of rotatable bonds is 7. The van der Waals surface area contributed by atoms with Crippen LogP contribution in [0.4, 0.5) is 0 Å². The first-order chi connectivity index (χ1) is 8.50. The van der Waals surface area contributed by atoms with Crippen molar-refractivity contribution in [2.75, 3.05) is 11.5 Å². The molecule has 0 aliphatic carbocycles.